The Labute approximate surface area is 86.6 Å². The third-order valence-corrected chi connectivity index (χ3v) is 2.45. The molecule has 0 atom stereocenters. The molecule has 0 radical (unpaired) electrons. The topological polar surface area (TPSA) is 26.0 Å². The molecule has 0 unspecified atom stereocenters. The Balaban J connectivity index is 3.13. The second-order valence-electron chi connectivity index (χ2n) is 3.73. The summed E-state index contributed by atoms with van der Waals surface area (Å²) in [6.45, 7) is 6.30. The summed E-state index contributed by atoms with van der Waals surface area (Å²) in [7, 11) is 0. The van der Waals surface area contributed by atoms with Gasteiger partial charge in [0.1, 0.15) is 0 Å². The van der Waals surface area contributed by atoms with Gasteiger partial charge in [0.25, 0.3) is 0 Å². The highest BCUT2D eigenvalue weighted by atomic mass is 14.6. The molecule has 1 heteroatoms. The lowest BCUT2D eigenvalue weighted by molar-refractivity contribution is 0.960. The normalized spacial score (nSPS) is 12.5. The Bertz CT molecular complexity index is 333. The first-order valence-corrected chi connectivity index (χ1v) is 5.18. The molecule has 1 nitrogen and oxygen atoms in total. The summed E-state index contributed by atoms with van der Waals surface area (Å²) in [4.78, 5) is 0. The zero-order chi connectivity index (χ0) is 10.6. The monoisotopic (exact) mass is 189 g/mol. The van der Waals surface area contributed by atoms with Gasteiger partial charge < -0.3 is 5.73 Å². The summed E-state index contributed by atoms with van der Waals surface area (Å²) in [5.74, 6) is 0. The molecular weight excluding hydrogens is 170 g/mol. The quantitative estimate of drug-likeness (QED) is 0.774. The standard InChI is InChI=1S/C13H19N/c1-4-7-13(11(3)14)12-9-6-5-8-10(12)2/h5-6,8-9H,4,7,14H2,1-3H3/b13-11-. The first kappa shape index (κ1) is 10.8. The second-order valence-corrected chi connectivity index (χ2v) is 3.73. The highest BCUT2D eigenvalue weighted by molar-refractivity contribution is 5.70. The van der Waals surface area contributed by atoms with Crippen LogP contribution in [0.3, 0.4) is 0 Å². The van der Waals surface area contributed by atoms with Crippen LogP contribution in [0.4, 0.5) is 0 Å². The molecule has 2 N–H and O–H groups in total. The summed E-state index contributed by atoms with van der Waals surface area (Å²) in [6.07, 6.45) is 2.20. The molecule has 76 valence electrons. The average molecular weight is 189 g/mol. The summed E-state index contributed by atoms with van der Waals surface area (Å²) in [6, 6.07) is 8.42. The number of aryl methyl sites for hydroxylation is 1. The van der Waals surface area contributed by atoms with Crippen molar-refractivity contribution in [3.05, 3.63) is 41.1 Å². The fourth-order valence-electron chi connectivity index (χ4n) is 1.71. The van der Waals surface area contributed by atoms with E-state index in [1.807, 2.05) is 6.92 Å². The van der Waals surface area contributed by atoms with E-state index in [4.69, 9.17) is 5.73 Å². The largest absolute Gasteiger partial charge is 0.402 e. The van der Waals surface area contributed by atoms with Gasteiger partial charge in [0.15, 0.2) is 0 Å². The molecule has 0 aliphatic carbocycles. The van der Waals surface area contributed by atoms with E-state index < -0.39 is 0 Å². The molecule has 1 aromatic carbocycles. The van der Waals surface area contributed by atoms with Crippen LogP contribution in [-0.4, -0.2) is 0 Å². The minimum atomic E-state index is 0.946. The SMILES string of the molecule is CCC/C(=C(\C)N)c1ccccc1C. The third kappa shape index (κ3) is 2.38. The van der Waals surface area contributed by atoms with E-state index in [0.29, 0.717) is 0 Å². The van der Waals surface area contributed by atoms with Gasteiger partial charge in [-0.15, -0.1) is 0 Å². The molecule has 0 fully saturated rings. The minimum absolute atomic E-state index is 0.946. The average Bonchev–Trinajstić information content (AvgIpc) is 2.15. The summed E-state index contributed by atoms with van der Waals surface area (Å²) in [5.41, 5.74) is 10.8. The second kappa shape index (κ2) is 4.85. The van der Waals surface area contributed by atoms with Gasteiger partial charge in [-0.3, -0.25) is 0 Å². The van der Waals surface area contributed by atoms with Gasteiger partial charge in [0.05, 0.1) is 0 Å². The van der Waals surface area contributed by atoms with E-state index in [1.165, 1.54) is 16.7 Å². The lowest BCUT2D eigenvalue weighted by atomic mass is 9.96. The molecule has 0 heterocycles. The fourth-order valence-corrected chi connectivity index (χ4v) is 1.71. The van der Waals surface area contributed by atoms with Gasteiger partial charge >= 0.3 is 0 Å². The van der Waals surface area contributed by atoms with Gasteiger partial charge in [-0.05, 0) is 37.0 Å². The third-order valence-electron chi connectivity index (χ3n) is 2.45. The van der Waals surface area contributed by atoms with Crippen LogP contribution in [-0.2, 0) is 0 Å². The smallest absolute Gasteiger partial charge is 0.00875 e. The van der Waals surface area contributed by atoms with Crippen LogP contribution >= 0.6 is 0 Å². The van der Waals surface area contributed by atoms with Crippen LogP contribution < -0.4 is 5.73 Å². The Morgan fingerprint density at radius 1 is 1.29 bits per heavy atom. The Hall–Kier alpha value is -1.24. The number of benzene rings is 1. The zero-order valence-corrected chi connectivity index (χ0v) is 9.30. The Kier molecular flexibility index (Phi) is 3.75. The van der Waals surface area contributed by atoms with Crippen LogP contribution in [0.2, 0.25) is 0 Å². The van der Waals surface area contributed by atoms with Crippen molar-refractivity contribution < 1.29 is 0 Å². The van der Waals surface area contributed by atoms with E-state index in [-0.39, 0.29) is 0 Å². The highest BCUT2D eigenvalue weighted by Gasteiger charge is 2.05. The summed E-state index contributed by atoms with van der Waals surface area (Å²) < 4.78 is 0. The number of nitrogens with two attached hydrogens (primary N) is 1. The number of hydrogen-bond donors (Lipinski definition) is 1. The van der Waals surface area contributed by atoms with Crippen molar-refractivity contribution in [2.75, 3.05) is 0 Å². The van der Waals surface area contributed by atoms with Crippen LogP contribution in [0.25, 0.3) is 5.57 Å². The van der Waals surface area contributed by atoms with Crippen molar-refractivity contribution in [2.45, 2.75) is 33.6 Å². The Morgan fingerprint density at radius 3 is 2.43 bits per heavy atom. The van der Waals surface area contributed by atoms with Gasteiger partial charge in [0.2, 0.25) is 0 Å². The van der Waals surface area contributed by atoms with Gasteiger partial charge in [-0.1, -0.05) is 37.6 Å². The molecule has 0 aromatic heterocycles. The minimum Gasteiger partial charge on any atom is -0.402 e. The van der Waals surface area contributed by atoms with Crippen LogP contribution in [0.15, 0.2) is 30.0 Å². The maximum atomic E-state index is 5.90. The van der Waals surface area contributed by atoms with Gasteiger partial charge in [-0.2, -0.15) is 0 Å². The van der Waals surface area contributed by atoms with Gasteiger partial charge in [-0.25, -0.2) is 0 Å². The first-order chi connectivity index (χ1) is 6.66. The van der Waals surface area contributed by atoms with Crippen molar-refractivity contribution in [1.29, 1.82) is 0 Å². The maximum absolute atomic E-state index is 5.90. The lowest BCUT2D eigenvalue weighted by Crippen LogP contribution is -1.99. The molecule has 0 aliphatic rings. The molecule has 1 aromatic rings. The van der Waals surface area contributed by atoms with Crippen LogP contribution in [0, 0.1) is 6.92 Å². The molecule has 1 rings (SSSR count). The summed E-state index contributed by atoms with van der Waals surface area (Å²) in [5, 5.41) is 0. The van der Waals surface area contributed by atoms with Crippen molar-refractivity contribution >= 4 is 5.57 Å². The fraction of sp³-hybridized carbons (Fsp3) is 0.385. The predicted octanol–water partition coefficient (Wildman–Crippen LogP) is 3.48. The molecule has 0 saturated carbocycles. The number of hydrogen-bond acceptors (Lipinski definition) is 1. The molecule has 0 saturated heterocycles. The highest BCUT2D eigenvalue weighted by Crippen LogP contribution is 2.24. The molecule has 0 aliphatic heterocycles. The molecule has 0 amide bonds. The number of rotatable bonds is 3. The first-order valence-electron chi connectivity index (χ1n) is 5.18. The van der Waals surface area contributed by atoms with Crippen molar-refractivity contribution in [3.63, 3.8) is 0 Å². The maximum Gasteiger partial charge on any atom is 0.00875 e. The van der Waals surface area contributed by atoms with E-state index in [1.54, 1.807) is 0 Å². The van der Waals surface area contributed by atoms with Crippen molar-refractivity contribution in [2.24, 2.45) is 5.73 Å². The van der Waals surface area contributed by atoms with Gasteiger partial charge in [0, 0.05) is 5.70 Å². The molecular formula is C13H19N. The summed E-state index contributed by atoms with van der Waals surface area (Å²) >= 11 is 0. The lowest BCUT2D eigenvalue weighted by Gasteiger charge is -2.11. The van der Waals surface area contributed by atoms with Crippen LogP contribution in [0.1, 0.15) is 37.8 Å². The molecule has 0 bridgehead atoms. The predicted molar refractivity (Wildman–Crippen MR) is 62.9 cm³/mol. The molecule has 0 spiro atoms. The van der Waals surface area contributed by atoms with Crippen LogP contribution in [0.5, 0.6) is 0 Å². The van der Waals surface area contributed by atoms with E-state index in [9.17, 15) is 0 Å². The Morgan fingerprint density at radius 2 is 1.93 bits per heavy atom. The van der Waals surface area contributed by atoms with E-state index in [2.05, 4.69) is 38.1 Å². The zero-order valence-electron chi connectivity index (χ0n) is 9.30. The van der Waals surface area contributed by atoms with Crippen molar-refractivity contribution in [1.82, 2.24) is 0 Å². The number of allylic oxidation sites excluding steroid dienone is 2. The van der Waals surface area contributed by atoms with E-state index >= 15 is 0 Å². The van der Waals surface area contributed by atoms with Crippen molar-refractivity contribution in [3.8, 4) is 0 Å². The molecule has 14 heavy (non-hydrogen) atoms. The van der Waals surface area contributed by atoms with E-state index in [0.717, 1.165) is 18.5 Å².